The van der Waals surface area contributed by atoms with Crippen LogP contribution in [0, 0.1) is 0 Å². The maximum Gasteiger partial charge on any atom is 0.243 e. The Morgan fingerprint density at radius 2 is 1.77 bits per heavy atom. The maximum atomic E-state index is 13.4. The molecule has 0 aliphatic carbocycles. The van der Waals surface area contributed by atoms with E-state index in [1.165, 1.54) is 19.2 Å². The second-order valence-electron chi connectivity index (χ2n) is 11.0. The fraction of sp³-hybridized carbons (Fsp3) is 0.467. The molecule has 3 aromatic rings. The number of nitrogens with one attached hydrogen (secondary N) is 2. The molecule has 0 bridgehead atoms. The van der Waals surface area contributed by atoms with Crippen LogP contribution in [0.1, 0.15) is 19.3 Å². The molecule has 5 rings (SSSR count). The highest BCUT2D eigenvalue weighted by Crippen LogP contribution is 2.37. The van der Waals surface area contributed by atoms with Crippen LogP contribution in [0.5, 0.6) is 5.75 Å². The summed E-state index contributed by atoms with van der Waals surface area (Å²) in [5.74, 6) is 0.335. The van der Waals surface area contributed by atoms with E-state index in [4.69, 9.17) is 14.2 Å². The zero-order chi connectivity index (χ0) is 30.5. The van der Waals surface area contributed by atoms with E-state index in [0.29, 0.717) is 43.2 Å². The van der Waals surface area contributed by atoms with Crippen molar-refractivity contribution in [2.45, 2.75) is 46.8 Å². The third-order valence-electron chi connectivity index (χ3n) is 8.00. The van der Waals surface area contributed by atoms with Crippen molar-refractivity contribution in [3.63, 3.8) is 0 Å². The van der Waals surface area contributed by atoms with E-state index < -0.39 is 31.8 Å². The molecule has 2 saturated heterocycles. The lowest BCUT2D eigenvalue weighted by Crippen LogP contribution is -2.47. The van der Waals surface area contributed by atoms with Gasteiger partial charge in [0.15, 0.2) is 0 Å². The average molecular weight is 634 g/mol. The lowest BCUT2D eigenvalue weighted by Gasteiger charge is -2.38. The first-order valence-corrected chi connectivity index (χ1v) is 17.3. The highest BCUT2D eigenvalue weighted by molar-refractivity contribution is 7.89. The Bertz CT molecular complexity index is 1610. The first-order valence-electron chi connectivity index (χ1n) is 14.4. The molecule has 11 nitrogen and oxygen atoms in total. The van der Waals surface area contributed by atoms with Gasteiger partial charge < -0.3 is 24.6 Å². The molecule has 43 heavy (non-hydrogen) atoms. The molecular formula is C30H39N3O8S2. The predicted octanol–water partition coefficient (Wildman–Crippen LogP) is 2.11. The molecule has 0 radical (unpaired) electrons. The third kappa shape index (κ3) is 7.73. The molecule has 2 fully saturated rings. The summed E-state index contributed by atoms with van der Waals surface area (Å²) < 4.78 is 72.3. The Morgan fingerprint density at radius 1 is 1.00 bits per heavy atom. The number of aliphatic hydroxyl groups excluding tert-OH is 1. The highest BCUT2D eigenvalue weighted by atomic mass is 32.2. The minimum absolute atomic E-state index is 0.0185. The smallest absolute Gasteiger partial charge is 0.243 e. The van der Waals surface area contributed by atoms with Crippen LogP contribution in [0.25, 0.3) is 10.8 Å². The lowest BCUT2D eigenvalue weighted by atomic mass is 9.88. The Hall–Kier alpha value is -2.62. The second kappa shape index (κ2) is 13.6. The minimum atomic E-state index is -3.70. The molecule has 0 amide bonds. The molecule has 1 spiro atoms. The van der Waals surface area contributed by atoms with Gasteiger partial charge in [-0.1, -0.05) is 36.4 Å². The first-order chi connectivity index (χ1) is 20.6. The zero-order valence-corrected chi connectivity index (χ0v) is 25.8. The summed E-state index contributed by atoms with van der Waals surface area (Å²) in [4.78, 5) is 0.371. The number of nitrogens with zero attached hydrogens (tertiary/aromatic N) is 1. The maximum absolute atomic E-state index is 13.4. The number of hydrogen-bond donors (Lipinski definition) is 3. The molecule has 234 valence electrons. The van der Waals surface area contributed by atoms with Crippen LogP contribution in [0.2, 0.25) is 0 Å². The van der Waals surface area contributed by atoms with E-state index in [0.717, 1.165) is 17.2 Å². The number of sulfonamides is 2. The van der Waals surface area contributed by atoms with Crippen molar-refractivity contribution in [3.8, 4) is 5.75 Å². The van der Waals surface area contributed by atoms with E-state index in [2.05, 4.69) is 10.0 Å². The Labute approximate surface area is 253 Å². The second-order valence-corrected chi connectivity index (χ2v) is 14.8. The number of ether oxygens (including phenoxy) is 3. The van der Waals surface area contributed by atoms with Crippen molar-refractivity contribution in [1.82, 2.24) is 14.3 Å². The van der Waals surface area contributed by atoms with Crippen molar-refractivity contribution >= 4 is 30.8 Å². The summed E-state index contributed by atoms with van der Waals surface area (Å²) in [6.07, 6.45) is 1.10. The van der Waals surface area contributed by atoms with Crippen LogP contribution < -0.4 is 14.8 Å². The number of piperidine rings is 1. The van der Waals surface area contributed by atoms with E-state index in [1.807, 2.05) is 30.3 Å². The molecule has 1 unspecified atom stereocenters. The predicted molar refractivity (Wildman–Crippen MR) is 162 cm³/mol. The van der Waals surface area contributed by atoms with Gasteiger partial charge in [-0.3, -0.25) is 0 Å². The van der Waals surface area contributed by atoms with Gasteiger partial charge in [0.25, 0.3) is 0 Å². The standard InChI is InChI=1S/C30H39N3O8S2/c1-39-16-13-32-42(35,36)28-8-4-7-27(18-28)40-22-26(34)20-31-25-19-30(41-21-25)11-14-33(15-12-30)43(37,38)29-10-9-23-5-2-3-6-24(23)17-29/h2-10,17-18,25-26,31-32,34H,11-16,19-22H2,1H3/t25?,26-/m0/s1. The SMILES string of the molecule is COCCNS(=O)(=O)c1cccc(OC[C@@H](O)CNC2COC3(CCN(S(=O)(=O)c4ccc5ccccc5c4)CC3)C2)c1. The van der Waals surface area contributed by atoms with E-state index in [1.54, 1.807) is 28.6 Å². The van der Waals surface area contributed by atoms with E-state index in [9.17, 15) is 21.9 Å². The molecule has 0 aromatic heterocycles. The Balaban J connectivity index is 1.07. The normalized spacial score (nSPS) is 20.0. The molecule has 2 heterocycles. The van der Waals surface area contributed by atoms with Crippen LogP contribution >= 0.6 is 0 Å². The molecular weight excluding hydrogens is 594 g/mol. The molecule has 2 aliphatic rings. The average Bonchev–Trinajstić information content (AvgIpc) is 3.41. The quantitative estimate of drug-likeness (QED) is 0.241. The third-order valence-corrected chi connectivity index (χ3v) is 11.4. The van der Waals surface area contributed by atoms with Crippen molar-refractivity contribution in [1.29, 1.82) is 0 Å². The van der Waals surface area contributed by atoms with E-state index >= 15 is 0 Å². The number of fused-ring (bicyclic) bond motifs is 1. The number of aliphatic hydroxyl groups is 1. The van der Waals surface area contributed by atoms with Gasteiger partial charge in [-0.05, 0) is 54.3 Å². The van der Waals surface area contributed by atoms with Crippen LogP contribution in [-0.4, -0.2) is 97.1 Å². The summed E-state index contributed by atoms with van der Waals surface area (Å²) in [7, 11) is -5.81. The number of methoxy groups -OCH3 is 1. The van der Waals surface area contributed by atoms with Crippen molar-refractivity contribution in [2.24, 2.45) is 0 Å². The van der Waals surface area contributed by atoms with Gasteiger partial charge >= 0.3 is 0 Å². The lowest BCUT2D eigenvalue weighted by molar-refractivity contribution is -0.0312. The van der Waals surface area contributed by atoms with Crippen LogP contribution in [-0.2, 0) is 29.5 Å². The minimum Gasteiger partial charge on any atom is -0.491 e. The van der Waals surface area contributed by atoms with Gasteiger partial charge in [-0.2, -0.15) is 4.31 Å². The highest BCUT2D eigenvalue weighted by Gasteiger charge is 2.44. The van der Waals surface area contributed by atoms with Gasteiger partial charge in [-0.15, -0.1) is 0 Å². The fourth-order valence-corrected chi connectivity index (χ4v) is 8.11. The number of hydrogen-bond acceptors (Lipinski definition) is 9. The largest absolute Gasteiger partial charge is 0.491 e. The summed E-state index contributed by atoms with van der Waals surface area (Å²) in [5, 5.41) is 15.7. The molecule has 3 N–H and O–H groups in total. The molecule has 13 heteroatoms. The van der Waals surface area contributed by atoms with Gasteiger partial charge in [0, 0.05) is 45.4 Å². The molecule has 3 aromatic carbocycles. The fourth-order valence-electron chi connectivity index (χ4n) is 5.58. The van der Waals surface area contributed by atoms with Gasteiger partial charge in [0.2, 0.25) is 20.0 Å². The summed E-state index contributed by atoms with van der Waals surface area (Å²) >= 11 is 0. The van der Waals surface area contributed by atoms with E-state index in [-0.39, 0.29) is 37.2 Å². The van der Waals surface area contributed by atoms with Gasteiger partial charge in [0.05, 0.1) is 28.6 Å². The monoisotopic (exact) mass is 633 g/mol. The van der Waals surface area contributed by atoms with Crippen LogP contribution in [0.3, 0.4) is 0 Å². The number of rotatable bonds is 13. The van der Waals surface area contributed by atoms with Crippen molar-refractivity contribution in [2.75, 3.05) is 53.1 Å². The van der Waals surface area contributed by atoms with Crippen molar-refractivity contribution < 1.29 is 36.2 Å². The van der Waals surface area contributed by atoms with Crippen molar-refractivity contribution in [3.05, 3.63) is 66.7 Å². The summed E-state index contributed by atoms with van der Waals surface area (Å²) in [6.45, 7) is 1.90. The number of benzene rings is 3. The van der Waals surface area contributed by atoms with Crippen LogP contribution in [0.4, 0.5) is 0 Å². The topological polar surface area (TPSA) is 144 Å². The first kappa shape index (κ1) is 31.8. The molecule has 0 saturated carbocycles. The van der Waals surface area contributed by atoms with Gasteiger partial charge in [0.1, 0.15) is 18.5 Å². The zero-order valence-electron chi connectivity index (χ0n) is 24.1. The molecule has 2 atom stereocenters. The van der Waals surface area contributed by atoms with Gasteiger partial charge in [-0.25, -0.2) is 21.6 Å². The van der Waals surface area contributed by atoms with Crippen LogP contribution in [0.15, 0.2) is 76.5 Å². The Kier molecular flexibility index (Phi) is 10.0. The molecule has 2 aliphatic heterocycles. The Morgan fingerprint density at radius 3 is 2.53 bits per heavy atom. The summed E-state index contributed by atoms with van der Waals surface area (Å²) in [5.41, 5.74) is -0.391. The summed E-state index contributed by atoms with van der Waals surface area (Å²) in [6, 6.07) is 19.1.